The molecule has 0 aliphatic heterocycles. The van der Waals surface area contributed by atoms with Crippen LogP contribution in [0.1, 0.15) is 5.56 Å². The van der Waals surface area contributed by atoms with E-state index >= 15 is 0 Å². The molecule has 0 saturated heterocycles. The maximum atomic E-state index is 6.24. The van der Waals surface area contributed by atoms with Crippen LogP contribution in [0.3, 0.4) is 0 Å². The van der Waals surface area contributed by atoms with E-state index in [1.54, 1.807) is 13.2 Å². The second kappa shape index (κ2) is 4.78. The van der Waals surface area contributed by atoms with Gasteiger partial charge in [0.05, 0.1) is 14.2 Å². The predicted molar refractivity (Wildman–Crippen MR) is 69.2 cm³/mol. The molecular formula is C12H13ClN2O3. The third-order valence-corrected chi connectivity index (χ3v) is 2.92. The van der Waals surface area contributed by atoms with Crippen molar-refractivity contribution in [3.8, 4) is 22.8 Å². The van der Waals surface area contributed by atoms with Crippen molar-refractivity contribution in [2.24, 2.45) is 0 Å². The van der Waals surface area contributed by atoms with Crippen LogP contribution in [0, 0.1) is 6.92 Å². The van der Waals surface area contributed by atoms with Crippen LogP contribution in [0.15, 0.2) is 16.7 Å². The molecule has 6 heteroatoms. The summed E-state index contributed by atoms with van der Waals surface area (Å²) < 4.78 is 15.4. The van der Waals surface area contributed by atoms with E-state index in [-0.39, 0.29) is 5.88 Å². The Morgan fingerprint density at radius 1 is 1.22 bits per heavy atom. The van der Waals surface area contributed by atoms with Crippen LogP contribution in [0.4, 0.5) is 5.88 Å². The van der Waals surface area contributed by atoms with E-state index in [1.807, 2.05) is 13.0 Å². The maximum Gasteiger partial charge on any atom is 0.222 e. The molecule has 1 aromatic heterocycles. The molecule has 0 amide bonds. The SMILES string of the molecule is COc1c(C)cc(-c2cc(N)on2)c(OC)c1Cl. The molecule has 2 rings (SSSR count). The van der Waals surface area contributed by atoms with Crippen LogP contribution in [0.25, 0.3) is 11.3 Å². The largest absolute Gasteiger partial charge is 0.495 e. The van der Waals surface area contributed by atoms with Crippen LogP contribution in [0.5, 0.6) is 11.5 Å². The van der Waals surface area contributed by atoms with Gasteiger partial charge in [-0.15, -0.1) is 0 Å². The number of rotatable bonds is 3. The molecule has 2 N–H and O–H groups in total. The minimum atomic E-state index is 0.233. The van der Waals surface area contributed by atoms with Crippen LogP contribution < -0.4 is 15.2 Å². The standard InChI is InChI=1S/C12H13ClN2O3/c1-6-4-7(8-5-9(14)18-15-8)12(17-3)10(13)11(6)16-2/h4-5H,14H2,1-3H3. The number of hydrogen-bond donors (Lipinski definition) is 1. The van der Waals surface area contributed by atoms with Gasteiger partial charge in [0.25, 0.3) is 0 Å². The average Bonchev–Trinajstić information content (AvgIpc) is 2.75. The summed E-state index contributed by atoms with van der Waals surface area (Å²) in [5, 5.41) is 4.25. The lowest BCUT2D eigenvalue weighted by Gasteiger charge is -2.14. The highest BCUT2D eigenvalue weighted by Crippen LogP contribution is 2.43. The van der Waals surface area contributed by atoms with Crippen molar-refractivity contribution in [3.63, 3.8) is 0 Å². The summed E-state index contributed by atoms with van der Waals surface area (Å²) >= 11 is 6.24. The van der Waals surface area contributed by atoms with Gasteiger partial charge in [0.2, 0.25) is 5.88 Å². The molecule has 0 fully saturated rings. The van der Waals surface area contributed by atoms with Gasteiger partial charge in [-0.25, -0.2) is 0 Å². The Morgan fingerprint density at radius 3 is 2.39 bits per heavy atom. The van der Waals surface area contributed by atoms with Crippen LogP contribution in [-0.4, -0.2) is 19.4 Å². The van der Waals surface area contributed by atoms with Gasteiger partial charge in [0, 0.05) is 11.6 Å². The third-order valence-electron chi connectivity index (χ3n) is 2.57. The van der Waals surface area contributed by atoms with Crippen LogP contribution in [-0.2, 0) is 0 Å². The zero-order chi connectivity index (χ0) is 13.3. The van der Waals surface area contributed by atoms with Crippen LogP contribution >= 0.6 is 11.6 Å². The average molecular weight is 269 g/mol. The lowest BCUT2D eigenvalue weighted by Crippen LogP contribution is -1.95. The fourth-order valence-electron chi connectivity index (χ4n) is 1.80. The number of nitrogens with zero attached hydrogens (tertiary/aromatic N) is 1. The maximum absolute atomic E-state index is 6.24. The zero-order valence-electron chi connectivity index (χ0n) is 10.3. The predicted octanol–water partition coefficient (Wildman–Crippen LogP) is 2.90. The van der Waals surface area contributed by atoms with E-state index < -0.39 is 0 Å². The van der Waals surface area contributed by atoms with Crippen molar-refractivity contribution >= 4 is 17.5 Å². The lowest BCUT2D eigenvalue weighted by atomic mass is 10.1. The summed E-state index contributed by atoms with van der Waals surface area (Å²) in [5.41, 5.74) is 7.66. The minimum Gasteiger partial charge on any atom is -0.495 e. The Balaban J connectivity index is 2.68. The number of hydrogen-bond acceptors (Lipinski definition) is 5. The minimum absolute atomic E-state index is 0.233. The Kier molecular flexibility index (Phi) is 3.34. The molecule has 96 valence electrons. The Hall–Kier alpha value is -1.88. The van der Waals surface area contributed by atoms with Gasteiger partial charge in [-0.05, 0) is 18.6 Å². The first-order chi connectivity index (χ1) is 8.58. The topological polar surface area (TPSA) is 70.5 Å². The van der Waals surface area contributed by atoms with Crippen molar-refractivity contribution in [1.82, 2.24) is 5.16 Å². The molecule has 0 spiro atoms. The van der Waals surface area contributed by atoms with Gasteiger partial charge in [0.1, 0.15) is 16.5 Å². The van der Waals surface area contributed by atoms with Gasteiger partial charge in [-0.2, -0.15) is 0 Å². The van der Waals surface area contributed by atoms with Gasteiger partial charge < -0.3 is 19.7 Å². The highest BCUT2D eigenvalue weighted by atomic mass is 35.5. The Bertz CT molecular complexity index is 581. The molecule has 0 saturated carbocycles. The quantitative estimate of drug-likeness (QED) is 0.927. The first-order valence-corrected chi connectivity index (χ1v) is 5.60. The molecule has 0 radical (unpaired) electrons. The normalized spacial score (nSPS) is 10.4. The first-order valence-electron chi connectivity index (χ1n) is 5.22. The third kappa shape index (κ3) is 1.97. The molecular weight excluding hydrogens is 256 g/mol. The zero-order valence-corrected chi connectivity index (χ0v) is 11.0. The fourth-order valence-corrected chi connectivity index (χ4v) is 2.20. The number of anilines is 1. The van der Waals surface area contributed by atoms with Gasteiger partial charge >= 0.3 is 0 Å². The highest BCUT2D eigenvalue weighted by Gasteiger charge is 2.19. The monoisotopic (exact) mass is 268 g/mol. The lowest BCUT2D eigenvalue weighted by molar-refractivity contribution is 0.393. The van der Waals surface area contributed by atoms with E-state index in [2.05, 4.69) is 5.16 Å². The molecule has 18 heavy (non-hydrogen) atoms. The molecule has 1 heterocycles. The first kappa shape index (κ1) is 12.6. The molecule has 0 atom stereocenters. The van der Waals surface area contributed by atoms with E-state index in [4.69, 9.17) is 31.3 Å². The number of methoxy groups -OCH3 is 2. The van der Waals surface area contributed by atoms with Crippen molar-refractivity contribution < 1.29 is 14.0 Å². The van der Waals surface area contributed by atoms with Crippen molar-refractivity contribution in [1.29, 1.82) is 0 Å². The number of ether oxygens (including phenoxy) is 2. The number of aryl methyl sites for hydroxylation is 1. The van der Waals surface area contributed by atoms with E-state index in [0.29, 0.717) is 27.8 Å². The Labute approximate surface area is 109 Å². The van der Waals surface area contributed by atoms with Crippen LogP contribution in [0.2, 0.25) is 5.02 Å². The highest BCUT2D eigenvalue weighted by molar-refractivity contribution is 6.34. The van der Waals surface area contributed by atoms with E-state index in [0.717, 1.165) is 5.56 Å². The molecule has 0 aliphatic rings. The summed E-state index contributed by atoms with van der Waals surface area (Å²) in [6.45, 7) is 1.89. The smallest absolute Gasteiger partial charge is 0.222 e. The fraction of sp³-hybridized carbons (Fsp3) is 0.250. The van der Waals surface area contributed by atoms with E-state index in [9.17, 15) is 0 Å². The van der Waals surface area contributed by atoms with Gasteiger partial charge in [-0.3, -0.25) is 0 Å². The van der Waals surface area contributed by atoms with E-state index in [1.165, 1.54) is 7.11 Å². The number of nitrogen functional groups attached to an aromatic ring is 1. The Morgan fingerprint density at radius 2 is 1.89 bits per heavy atom. The molecule has 0 aliphatic carbocycles. The summed E-state index contributed by atoms with van der Waals surface area (Å²) in [4.78, 5) is 0. The van der Waals surface area contributed by atoms with Crippen molar-refractivity contribution in [3.05, 3.63) is 22.7 Å². The van der Waals surface area contributed by atoms with Crippen molar-refractivity contribution in [2.45, 2.75) is 6.92 Å². The molecule has 2 aromatic rings. The van der Waals surface area contributed by atoms with Gasteiger partial charge in [0.15, 0.2) is 5.75 Å². The molecule has 0 unspecified atom stereocenters. The second-order valence-corrected chi connectivity index (χ2v) is 4.11. The number of benzene rings is 1. The molecule has 0 bridgehead atoms. The summed E-state index contributed by atoms with van der Waals surface area (Å²) in [5.74, 6) is 1.29. The van der Waals surface area contributed by atoms with Crippen molar-refractivity contribution in [2.75, 3.05) is 20.0 Å². The second-order valence-electron chi connectivity index (χ2n) is 3.74. The number of halogens is 1. The molecule has 1 aromatic carbocycles. The summed E-state index contributed by atoms with van der Waals surface area (Å²) in [6, 6.07) is 3.47. The van der Waals surface area contributed by atoms with Gasteiger partial charge in [-0.1, -0.05) is 16.8 Å². The summed E-state index contributed by atoms with van der Waals surface area (Å²) in [7, 11) is 3.09. The number of aromatic nitrogens is 1. The number of nitrogens with two attached hydrogens (primary N) is 1. The molecule has 5 nitrogen and oxygen atoms in total. The summed E-state index contributed by atoms with van der Waals surface area (Å²) in [6.07, 6.45) is 0.